The summed E-state index contributed by atoms with van der Waals surface area (Å²) in [6.45, 7) is 8.14. The Labute approximate surface area is 120 Å². The predicted octanol–water partition coefficient (Wildman–Crippen LogP) is 1.11. The SMILES string of the molecule is CC1(C)OB(c2cncc(C#CCCO)c2)OC1(C)C. The molecule has 0 radical (unpaired) electrons. The second-order valence-corrected chi connectivity index (χ2v) is 5.87. The van der Waals surface area contributed by atoms with Crippen LogP contribution in [0.5, 0.6) is 0 Å². The number of nitrogens with zero attached hydrogens (tertiary/aromatic N) is 1. The molecule has 1 aliphatic rings. The lowest BCUT2D eigenvalue weighted by Crippen LogP contribution is -2.41. The zero-order valence-corrected chi connectivity index (χ0v) is 12.4. The minimum absolute atomic E-state index is 0.0668. The van der Waals surface area contributed by atoms with E-state index < -0.39 is 7.12 Å². The molecule has 0 aromatic carbocycles. The van der Waals surface area contributed by atoms with Gasteiger partial charge in [0.15, 0.2) is 0 Å². The first kappa shape index (κ1) is 15.1. The molecule has 0 amide bonds. The topological polar surface area (TPSA) is 51.6 Å². The molecule has 20 heavy (non-hydrogen) atoms. The van der Waals surface area contributed by atoms with Crippen molar-refractivity contribution in [1.82, 2.24) is 4.98 Å². The lowest BCUT2D eigenvalue weighted by atomic mass is 9.80. The summed E-state index contributed by atoms with van der Waals surface area (Å²) in [4.78, 5) is 4.18. The molecule has 1 aromatic heterocycles. The molecule has 1 fully saturated rings. The van der Waals surface area contributed by atoms with Crippen LogP contribution in [0, 0.1) is 11.8 Å². The van der Waals surface area contributed by atoms with E-state index in [1.807, 2.05) is 33.8 Å². The standard InChI is InChI=1S/C15H20BNO3/c1-14(2)15(3,4)20-16(19-14)13-9-12(10-17-11-13)7-5-6-8-18/h9-11,18H,6,8H2,1-4H3. The van der Waals surface area contributed by atoms with Gasteiger partial charge in [0.25, 0.3) is 0 Å². The number of aliphatic hydroxyl groups excluding tert-OH is 1. The summed E-state index contributed by atoms with van der Waals surface area (Å²) in [5.41, 5.74) is 0.928. The van der Waals surface area contributed by atoms with E-state index in [9.17, 15) is 0 Å². The van der Waals surface area contributed by atoms with Gasteiger partial charge in [-0.3, -0.25) is 4.98 Å². The molecule has 2 heterocycles. The first-order valence-corrected chi connectivity index (χ1v) is 6.76. The van der Waals surface area contributed by atoms with Gasteiger partial charge in [-0.15, -0.1) is 0 Å². The number of aliphatic hydroxyl groups is 1. The van der Waals surface area contributed by atoms with Gasteiger partial charge in [-0.25, -0.2) is 0 Å². The quantitative estimate of drug-likeness (QED) is 0.648. The molecule has 1 aliphatic heterocycles. The van der Waals surface area contributed by atoms with E-state index in [4.69, 9.17) is 14.4 Å². The summed E-state index contributed by atoms with van der Waals surface area (Å²) in [6.07, 6.45) is 3.89. The normalized spacial score (nSPS) is 19.6. The molecule has 1 saturated heterocycles. The molecule has 1 N–H and O–H groups in total. The van der Waals surface area contributed by atoms with Gasteiger partial charge in [-0.05, 0) is 33.8 Å². The molecule has 0 unspecified atom stereocenters. The Kier molecular flexibility index (Phi) is 4.19. The maximum Gasteiger partial charge on any atom is 0.496 e. The van der Waals surface area contributed by atoms with Crippen molar-refractivity contribution in [2.45, 2.75) is 45.3 Å². The zero-order chi connectivity index (χ0) is 14.8. The van der Waals surface area contributed by atoms with Crippen LogP contribution in [-0.4, -0.2) is 35.0 Å². The van der Waals surface area contributed by atoms with Crippen molar-refractivity contribution in [2.24, 2.45) is 0 Å². The molecule has 0 bridgehead atoms. The summed E-state index contributed by atoms with van der Waals surface area (Å²) >= 11 is 0. The van der Waals surface area contributed by atoms with E-state index >= 15 is 0 Å². The van der Waals surface area contributed by atoms with Gasteiger partial charge in [0, 0.05) is 29.8 Å². The van der Waals surface area contributed by atoms with Gasteiger partial charge in [0.1, 0.15) is 0 Å². The first-order valence-electron chi connectivity index (χ1n) is 6.76. The van der Waals surface area contributed by atoms with Crippen LogP contribution >= 0.6 is 0 Å². The van der Waals surface area contributed by atoms with Gasteiger partial charge in [-0.2, -0.15) is 0 Å². The van der Waals surface area contributed by atoms with E-state index in [-0.39, 0.29) is 17.8 Å². The van der Waals surface area contributed by atoms with E-state index in [1.165, 1.54) is 0 Å². The summed E-state index contributed by atoms with van der Waals surface area (Å²) in [7, 11) is -0.424. The van der Waals surface area contributed by atoms with Crippen LogP contribution in [0.4, 0.5) is 0 Å². The minimum atomic E-state index is -0.424. The Morgan fingerprint density at radius 1 is 1.20 bits per heavy atom. The monoisotopic (exact) mass is 273 g/mol. The van der Waals surface area contributed by atoms with Gasteiger partial charge in [0.05, 0.1) is 17.8 Å². The molecule has 106 valence electrons. The van der Waals surface area contributed by atoms with Gasteiger partial charge in [-0.1, -0.05) is 11.8 Å². The molecule has 0 atom stereocenters. The van der Waals surface area contributed by atoms with Crippen molar-refractivity contribution in [1.29, 1.82) is 0 Å². The van der Waals surface area contributed by atoms with Crippen LogP contribution in [0.3, 0.4) is 0 Å². The minimum Gasteiger partial charge on any atom is -0.399 e. The van der Waals surface area contributed by atoms with Crippen LogP contribution in [0.25, 0.3) is 0 Å². The number of aromatic nitrogens is 1. The van der Waals surface area contributed by atoms with Crippen molar-refractivity contribution in [3.8, 4) is 11.8 Å². The Morgan fingerprint density at radius 2 is 1.85 bits per heavy atom. The van der Waals surface area contributed by atoms with Gasteiger partial charge < -0.3 is 14.4 Å². The Morgan fingerprint density at radius 3 is 2.45 bits per heavy atom. The fourth-order valence-electron chi connectivity index (χ4n) is 1.85. The Hall–Kier alpha value is -1.35. The zero-order valence-electron chi connectivity index (χ0n) is 12.4. The van der Waals surface area contributed by atoms with E-state index in [0.29, 0.717) is 6.42 Å². The smallest absolute Gasteiger partial charge is 0.399 e. The maximum absolute atomic E-state index is 8.73. The van der Waals surface area contributed by atoms with Crippen LogP contribution in [0.2, 0.25) is 0 Å². The average Bonchev–Trinajstić information content (AvgIpc) is 2.59. The second kappa shape index (κ2) is 5.57. The summed E-state index contributed by atoms with van der Waals surface area (Å²) in [5, 5.41) is 8.73. The molecule has 0 saturated carbocycles. The second-order valence-electron chi connectivity index (χ2n) is 5.87. The fourth-order valence-corrected chi connectivity index (χ4v) is 1.85. The van der Waals surface area contributed by atoms with E-state index in [2.05, 4.69) is 16.8 Å². The largest absolute Gasteiger partial charge is 0.496 e. The Bertz CT molecular complexity index is 530. The predicted molar refractivity (Wildman–Crippen MR) is 78.5 cm³/mol. The molecular formula is C15H20BNO3. The average molecular weight is 273 g/mol. The van der Waals surface area contributed by atoms with Crippen molar-refractivity contribution < 1.29 is 14.4 Å². The number of rotatable bonds is 2. The lowest BCUT2D eigenvalue weighted by molar-refractivity contribution is 0.00578. The third-order valence-electron chi connectivity index (χ3n) is 3.75. The van der Waals surface area contributed by atoms with Gasteiger partial charge in [0.2, 0.25) is 0 Å². The van der Waals surface area contributed by atoms with Crippen molar-refractivity contribution in [3.05, 3.63) is 24.0 Å². The fraction of sp³-hybridized carbons (Fsp3) is 0.533. The highest BCUT2D eigenvalue weighted by molar-refractivity contribution is 6.62. The third kappa shape index (κ3) is 3.04. The first-order chi connectivity index (χ1) is 9.36. The van der Waals surface area contributed by atoms with Crippen LogP contribution < -0.4 is 5.46 Å². The maximum atomic E-state index is 8.73. The molecule has 0 spiro atoms. The molecule has 4 nitrogen and oxygen atoms in total. The number of hydrogen-bond acceptors (Lipinski definition) is 4. The van der Waals surface area contributed by atoms with Crippen LogP contribution in [0.1, 0.15) is 39.7 Å². The summed E-state index contributed by atoms with van der Waals surface area (Å²) in [5.74, 6) is 5.85. The molecule has 0 aliphatic carbocycles. The van der Waals surface area contributed by atoms with E-state index in [1.54, 1.807) is 12.4 Å². The Balaban J connectivity index is 2.19. The summed E-state index contributed by atoms with van der Waals surface area (Å²) in [6, 6.07) is 1.92. The number of hydrogen-bond donors (Lipinski definition) is 1. The molecule has 2 rings (SSSR count). The molecular weight excluding hydrogens is 253 g/mol. The molecule has 1 aromatic rings. The highest BCUT2D eigenvalue weighted by atomic mass is 16.7. The van der Waals surface area contributed by atoms with Crippen molar-refractivity contribution >= 4 is 12.6 Å². The van der Waals surface area contributed by atoms with Crippen molar-refractivity contribution in [3.63, 3.8) is 0 Å². The molecule has 5 heteroatoms. The van der Waals surface area contributed by atoms with Crippen LogP contribution in [0.15, 0.2) is 18.5 Å². The van der Waals surface area contributed by atoms with Crippen molar-refractivity contribution in [2.75, 3.05) is 6.61 Å². The van der Waals surface area contributed by atoms with Crippen LogP contribution in [-0.2, 0) is 9.31 Å². The highest BCUT2D eigenvalue weighted by Gasteiger charge is 2.51. The lowest BCUT2D eigenvalue weighted by Gasteiger charge is -2.32. The van der Waals surface area contributed by atoms with Gasteiger partial charge >= 0.3 is 7.12 Å². The third-order valence-corrected chi connectivity index (χ3v) is 3.75. The highest BCUT2D eigenvalue weighted by Crippen LogP contribution is 2.36. The number of pyridine rings is 1. The van der Waals surface area contributed by atoms with E-state index in [0.717, 1.165) is 11.0 Å². The summed E-state index contributed by atoms with van der Waals surface area (Å²) < 4.78 is 12.0.